The van der Waals surface area contributed by atoms with Crippen LogP contribution in [-0.2, 0) is 6.42 Å². The van der Waals surface area contributed by atoms with Crippen LogP contribution >= 0.6 is 11.3 Å². The third-order valence-corrected chi connectivity index (χ3v) is 5.90. The Balaban J connectivity index is 1.73. The fraction of sp³-hybridized carbons (Fsp3) is 0.652. The molecule has 0 spiro atoms. The van der Waals surface area contributed by atoms with Crippen LogP contribution in [-0.4, -0.2) is 23.0 Å². The zero-order chi connectivity index (χ0) is 20.0. The Hall–Kier alpha value is -1.49. The van der Waals surface area contributed by atoms with Crippen molar-refractivity contribution in [3.05, 3.63) is 29.3 Å². The molecule has 0 aliphatic carbocycles. The number of nitrogens with zero attached hydrogens (tertiary/aromatic N) is 2. The van der Waals surface area contributed by atoms with Gasteiger partial charge in [-0.3, -0.25) is 0 Å². The molecule has 5 heteroatoms. The normalized spacial score (nSPS) is 12.2. The number of rotatable bonds is 15. The molecule has 156 valence electrons. The van der Waals surface area contributed by atoms with Crippen LogP contribution in [0, 0.1) is 0 Å². The summed E-state index contributed by atoms with van der Waals surface area (Å²) in [6.07, 6.45) is 11.5. The predicted molar refractivity (Wildman–Crippen MR) is 117 cm³/mol. The van der Waals surface area contributed by atoms with E-state index in [0.717, 1.165) is 34.8 Å². The van der Waals surface area contributed by atoms with Crippen molar-refractivity contribution < 1.29 is 9.13 Å². The van der Waals surface area contributed by atoms with Crippen molar-refractivity contribution in [2.24, 2.45) is 0 Å². The zero-order valence-electron chi connectivity index (χ0n) is 17.5. The number of hydrogen-bond acceptors (Lipinski definition) is 4. The van der Waals surface area contributed by atoms with E-state index < -0.39 is 6.17 Å². The molecule has 0 aliphatic rings. The molecule has 0 amide bonds. The number of hydrogen-bond donors (Lipinski definition) is 0. The summed E-state index contributed by atoms with van der Waals surface area (Å²) in [5, 5.41) is 10.7. The average molecular weight is 407 g/mol. The molecular formula is C23H35FN2OS. The molecule has 28 heavy (non-hydrogen) atoms. The lowest BCUT2D eigenvalue weighted by atomic mass is 10.1. The second kappa shape index (κ2) is 13.6. The SMILES string of the molecule is CCCCCCCc1nnc(-c2ccc(OCC(F)CCCCCC)cc2)s1. The van der Waals surface area contributed by atoms with Crippen molar-refractivity contribution in [2.75, 3.05) is 6.61 Å². The molecule has 1 aromatic heterocycles. The van der Waals surface area contributed by atoms with Crippen LogP contribution in [0.5, 0.6) is 5.75 Å². The van der Waals surface area contributed by atoms with Crippen LogP contribution in [0.25, 0.3) is 10.6 Å². The summed E-state index contributed by atoms with van der Waals surface area (Å²) in [6, 6.07) is 7.75. The molecule has 0 aliphatic heterocycles. The molecular weight excluding hydrogens is 371 g/mol. The topological polar surface area (TPSA) is 35.0 Å². The van der Waals surface area contributed by atoms with Crippen molar-refractivity contribution in [2.45, 2.75) is 90.6 Å². The molecule has 1 unspecified atom stereocenters. The lowest BCUT2D eigenvalue weighted by Gasteiger charge is -2.10. The quantitative estimate of drug-likeness (QED) is 0.289. The van der Waals surface area contributed by atoms with Gasteiger partial charge < -0.3 is 4.74 Å². The lowest BCUT2D eigenvalue weighted by Crippen LogP contribution is -2.12. The number of alkyl halides is 1. The summed E-state index contributed by atoms with van der Waals surface area (Å²) in [5.74, 6) is 0.709. The minimum Gasteiger partial charge on any atom is -0.491 e. The number of ether oxygens (including phenoxy) is 1. The van der Waals surface area contributed by atoms with E-state index in [2.05, 4.69) is 24.0 Å². The van der Waals surface area contributed by atoms with Gasteiger partial charge in [-0.15, -0.1) is 10.2 Å². The highest BCUT2D eigenvalue weighted by Crippen LogP contribution is 2.26. The van der Waals surface area contributed by atoms with Gasteiger partial charge in [0, 0.05) is 12.0 Å². The predicted octanol–water partition coefficient (Wildman–Crippen LogP) is 7.41. The summed E-state index contributed by atoms with van der Waals surface area (Å²) in [4.78, 5) is 0. The van der Waals surface area contributed by atoms with Gasteiger partial charge in [0.15, 0.2) is 0 Å². The van der Waals surface area contributed by atoms with E-state index in [0.29, 0.717) is 12.2 Å². The zero-order valence-corrected chi connectivity index (χ0v) is 18.3. The van der Waals surface area contributed by atoms with Gasteiger partial charge in [-0.1, -0.05) is 76.6 Å². The van der Waals surface area contributed by atoms with Gasteiger partial charge in [0.25, 0.3) is 0 Å². The first-order valence-corrected chi connectivity index (χ1v) is 11.7. The number of halogens is 1. The Morgan fingerprint density at radius 3 is 2.29 bits per heavy atom. The Morgan fingerprint density at radius 1 is 0.893 bits per heavy atom. The molecule has 1 aromatic carbocycles. The third kappa shape index (κ3) is 8.68. The summed E-state index contributed by atoms with van der Waals surface area (Å²) >= 11 is 1.66. The summed E-state index contributed by atoms with van der Waals surface area (Å²) in [7, 11) is 0. The third-order valence-electron chi connectivity index (χ3n) is 4.86. The lowest BCUT2D eigenvalue weighted by molar-refractivity contribution is 0.184. The van der Waals surface area contributed by atoms with E-state index in [1.54, 1.807) is 11.3 Å². The summed E-state index contributed by atoms with van der Waals surface area (Å²) < 4.78 is 19.5. The van der Waals surface area contributed by atoms with Gasteiger partial charge in [-0.25, -0.2) is 4.39 Å². The van der Waals surface area contributed by atoms with Crippen LogP contribution in [0.4, 0.5) is 4.39 Å². The maximum Gasteiger partial charge on any atom is 0.147 e. The maximum absolute atomic E-state index is 13.9. The first-order chi connectivity index (χ1) is 13.7. The van der Waals surface area contributed by atoms with Crippen LogP contribution in [0.3, 0.4) is 0 Å². The smallest absolute Gasteiger partial charge is 0.147 e. The minimum absolute atomic E-state index is 0.131. The monoisotopic (exact) mass is 406 g/mol. The van der Waals surface area contributed by atoms with Gasteiger partial charge >= 0.3 is 0 Å². The van der Waals surface area contributed by atoms with Gasteiger partial charge in [0.1, 0.15) is 28.5 Å². The number of unbranched alkanes of at least 4 members (excludes halogenated alkanes) is 7. The Bertz CT molecular complexity index is 644. The Labute approximate surface area is 173 Å². The number of aromatic nitrogens is 2. The number of aryl methyl sites for hydroxylation is 1. The molecule has 3 nitrogen and oxygen atoms in total. The largest absolute Gasteiger partial charge is 0.491 e. The molecule has 0 fully saturated rings. The van der Waals surface area contributed by atoms with Crippen molar-refractivity contribution in [3.8, 4) is 16.3 Å². The fourth-order valence-electron chi connectivity index (χ4n) is 3.11. The van der Waals surface area contributed by atoms with Gasteiger partial charge in [-0.2, -0.15) is 0 Å². The van der Waals surface area contributed by atoms with E-state index in [-0.39, 0.29) is 6.61 Å². The highest BCUT2D eigenvalue weighted by atomic mass is 32.1. The Morgan fingerprint density at radius 2 is 1.57 bits per heavy atom. The summed E-state index contributed by atoms with van der Waals surface area (Å²) in [6.45, 7) is 4.53. The molecule has 1 heterocycles. The van der Waals surface area contributed by atoms with Gasteiger partial charge in [0.05, 0.1) is 0 Å². The van der Waals surface area contributed by atoms with Crippen LogP contribution in [0.1, 0.15) is 83.1 Å². The molecule has 2 rings (SSSR count). The maximum atomic E-state index is 13.9. The number of benzene rings is 1. The van der Waals surface area contributed by atoms with Crippen LogP contribution in [0.15, 0.2) is 24.3 Å². The van der Waals surface area contributed by atoms with E-state index >= 15 is 0 Å². The second-order valence-corrected chi connectivity index (χ2v) is 8.51. The molecule has 0 saturated carbocycles. The van der Waals surface area contributed by atoms with E-state index in [9.17, 15) is 4.39 Å². The highest BCUT2D eigenvalue weighted by molar-refractivity contribution is 7.14. The van der Waals surface area contributed by atoms with Crippen molar-refractivity contribution in [1.82, 2.24) is 10.2 Å². The average Bonchev–Trinajstić information content (AvgIpc) is 3.19. The molecule has 0 N–H and O–H groups in total. The fourth-order valence-corrected chi connectivity index (χ4v) is 3.99. The van der Waals surface area contributed by atoms with Crippen molar-refractivity contribution in [3.63, 3.8) is 0 Å². The van der Waals surface area contributed by atoms with Gasteiger partial charge in [0.2, 0.25) is 0 Å². The second-order valence-electron chi connectivity index (χ2n) is 7.45. The van der Waals surface area contributed by atoms with Crippen molar-refractivity contribution in [1.29, 1.82) is 0 Å². The van der Waals surface area contributed by atoms with Crippen molar-refractivity contribution >= 4 is 11.3 Å². The minimum atomic E-state index is -0.889. The highest BCUT2D eigenvalue weighted by Gasteiger charge is 2.09. The Kier molecular flexibility index (Phi) is 11.1. The van der Waals surface area contributed by atoms with E-state index in [1.807, 2.05) is 24.3 Å². The molecule has 0 saturated heterocycles. The summed E-state index contributed by atoms with van der Waals surface area (Å²) in [5.41, 5.74) is 1.04. The van der Waals surface area contributed by atoms with Crippen LogP contribution < -0.4 is 4.74 Å². The van der Waals surface area contributed by atoms with Gasteiger partial charge in [-0.05, 0) is 37.1 Å². The van der Waals surface area contributed by atoms with E-state index in [4.69, 9.17) is 4.74 Å². The molecule has 0 radical (unpaired) electrons. The molecule has 2 aromatic rings. The van der Waals surface area contributed by atoms with Crippen LogP contribution in [0.2, 0.25) is 0 Å². The first kappa shape index (κ1) is 22.8. The van der Waals surface area contributed by atoms with E-state index in [1.165, 1.54) is 44.9 Å². The standard InChI is InChI=1S/C23H35FN2OS/c1-3-5-7-9-11-13-22-25-26-23(28-22)19-14-16-21(17-15-19)27-18-20(24)12-10-8-6-4-2/h14-17,20H,3-13,18H2,1-2H3. The molecule has 0 bridgehead atoms. The first-order valence-electron chi connectivity index (χ1n) is 10.9. The molecule has 1 atom stereocenters.